The summed E-state index contributed by atoms with van der Waals surface area (Å²) in [5.41, 5.74) is 1.90. The number of aromatic carboxylic acids is 1. The number of aryl methyl sites for hydroxylation is 1. The lowest BCUT2D eigenvalue weighted by Gasteiger charge is -2.39. The lowest BCUT2D eigenvalue weighted by molar-refractivity contribution is -0.146. The van der Waals surface area contributed by atoms with Crippen LogP contribution in [0.5, 0.6) is 0 Å². The van der Waals surface area contributed by atoms with E-state index in [9.17, 15) is 14.4 Å². The topological polar surface area (TPSA) is 95.7 Å². The standard InChI is InChI=1S/C20H24N4O4/c1-22(11-13-4-6-14(7-5-13)20(27)28)19(26)16-8-9-17(25)24(3)18(16)15-10-21-23(2)12-15/h4-7,10,12,16,18H,8-9,11H2,1-3H3,(H,27,28)/t16-,18+/m1/s1. The summed E-state index contributed by atoms with van der Waals surface area (Å²) in [6.45, 7) is 0.368. The summed E-state index contributed by atoms with van der Waals surface area (Å²) in [4.78, 5) is 39.7. The van der Waals surface area contributed by atoms with Crippen molar-refractivity contribution < 1.29 is 19.5 Å². The number of carbonyl (C=O) groups excluding carboxylic acids is 2. The van der Waals surface area contributed by atoms with E-state index in [0.29, 0.717) is 19.4 Å². The second-order valence-electron chi connectivity index (χ2n) is 7.24. The largest absolute Gasteiger partial charge is 0.478 e. The Kier molecular flexibility index (Phi) is 5.48. The molecular weight excluding hydrogens is 360 g/mol. The Morgan fingerprint density at radius 2 is 1.93 bits per heavy atom. The highest BCUT2D eigenvalue weighted by molar-refractivity contribution is 5.87. The molecule has 148 valence electrons. The predicted octanol–water partition coefficient (Wildman–Crippen LogP) is 1.69. The first kappa shape index (κ1) is 19.6. The zero-order valence-corrected chi connectivity index (χ0v) is 16.2. The fraction of sp³-hybridized carbons (Fsp3) is 0.400. The Morgan fingerprint density at radius 1 is 1.25 bits per heavy atom. The third kappa shape index (κ3) is 3.90. The normalized spacial score (nSPS) is 19.5. The van der Waals surface area contributed by atoms with Gasteiger partial charge in [-0.3, -0.25) is 14.3 Å². The molecule has 2 amide bonds. The number of likely N-dealkylation sites (tertiary alicyclic amines) is 1. The molecule has 1 aromatic carbocycles. The van der Waals surface area contributed by atoms with Crippen LogP contribution in [0.4, 0.5) is 0 Å². The molecule has 8 nitrogen and oxygen atoms in total. The monoisotopic (exact) mass is 384 g/mol. The van der Waals surface area contributed by atoms with Crippen LogP contribution < -0.4 is 0 Å². The number of carboxylic acid groups (broad SMARTS) is 1. The molecule has 1 aliphatic rings. The smallest absolute Gasteiger partial charge is 0.335 e. The van der Waals surface area contributed by atoms with Crippen LogP contribution in [0.1, 0.15) is 40.4 Å². The number of nitrogens with zero attached hydrogens (tertiary/aromatic N) is 4. The predicted molar refractivity (Wildman–Crippen MR) is 101 cm³/mol. The Morgan fingerprint density at radius 3 is 2.50 bits per heavy atom. The minimum atomic E-state index is -0.981. The van der Waals surface area contributed by atoms with Crippen LogP contribution in [-0.2, 0) is 23.2 Å². The quantitative estimate of drug-likeness (QED) is 0.846. The second kappa shape index (κ2) is 7.84. The van der Waals surface area contributed by atoms with Gasteiger partial charge in [0.2, 0.25) is 11.8 Å². The molecule has 3 rings (SSSR count). The molecule has 8 heteroatoms. The Balaban J connectivity index is 1.78. The van der Waals surface area contributed by atoms with Gasteiger partial charge in [0.05, 0.1) is 23.7 Å². The lowest BCUT2D eigenvalue weighted by Crippen LogP contribution is -2.46. The number of carbonyl (C=O) groups is 3. The first-order valence-corrected chi connectivity index (χ1v) is 9.09. The van der Waals surface area contributed by atoms with E-state index < -0.39 is 5.97 Å². The molecule has 28 heavy (non-hydrogen) atoms. The van der Waals surface area contributed by atoms with Gasteiger partial charge in [0.15, 0.2) is 0 Å². The molecule has 2 aromatic rings. The third-order valence-corrected chi connectivity index (χ3v) is 5.24. The molecule has 0 bridgehead atoms. The summed E-state index contributed by atoms with van der Waals surface area (Å²) in [5, 5.41) is 13.2. The molecule has 1 fully saturated rings. The van der Waals surface area contributed by atoms with Crippen LogP contribution in [0, 0.1) is 5.92 Å². The van der Waals surface area contributed by atoms with Gasteiger partial charge in [-0.25, -0.2) is 4.79 Å². The summed E-state index contributed by atoms with van der Waals surface area (Å²) < 4.78 is 1.66. The maximum Gasteiger partial charge on any atom is 0.335 e. The van der Waals surface area contributed by atoms with Gasteiger partial charge in [-0.05, 0) is 24.1 Å². The molecule has 1 aromatic heterocycles. The highest BCUT2D eigenvalue weighted by Gasteiger charge is 2.40. The maximum atomic E-state index is 13.2. The van der Waals surface area contributed by atoms with Crippen molar-refractivity contribution >= 4 is 17.8 Å². The van der Waals surface area contributed by atoms with Crippen molar-refractivity contribution in [3.05, 3.63) is 53.3 Å². The molecule has 1 saturated heterocycles. The zero-order valence-electron chi connectivity index (χ0n) is 16.2. The molecule has 2 heterocycles. The van der Waals surface area contributed by atoms with E-state index in [1.807, 2.05) is 6.20 Å². The minimum Gasteiger partial charge on any atom is -0.478 e. The SMILES string of the molecule is CN(Cc1ccc(C(=O)O)cc1)C(=O)[C@@H]1CCC(=O)N(C)[C@H]1c1cnn(C)c1. The van der Waals surface area contributed by atoms with Crippen molar-refractivity contribution in [2.24, 2.45) is 13.0 Å². The Labute approximate surface area is 163 Å². The zero-order chi connectivity index (χ0) is 20.4. The fourth-order valence-corrected chi connectivity index (χ4v) is 3.73. The van der Waals surface area contributed by atoms with Crippen LogP contribution in [0.15, 0.2) is 36.7 Å². The van der Waals surface area contributed by atoms with E-state index >= 15 is 0 Å². The Hall–Kier alpha value is -3.16. The molecule has 1 N–H and O–H groups in total. The molecule has 1 aliphatic heterocycles. The van der Waals surface area contributed by atoms with Gasteiger partial charge in [-0.1, -0.05) is 12.1 Å². The number of amides is 2. The molecule has 0 radical (unpaired) electrons. The molecule has 0 unspecified atom stereocenters. The summed E-state index contributed by atoms with van der Waals surface area (Å²) in [6.07, 6.45) is 4.37. The van der Waals surface area contributed by atoms with Gasteiger partial charge in [-0.15, -0.1) is 0 Å². The molecule has 0 aliphatic carbocycles. The van der Waals surface area contributed by atoms with Gasteiger partial charge in [-0.2, -0.15) is 5.10 Å². The van der Waals surface area contributed by atoms with Gasteiger partial charge in [0.1, 0.15) is 0 Å². The van der Waals surface area contributed by atoms with Crippen molar-refractivity contribution in [2.45, 2.75) is 25.4 Å². The van der Waals surface area contributed by atoms with Crippen LogP contribution in [0.25, 0.3) is 0 Å². The van der Waals surface area contributed by atoms with Crippen molar-refractivity contribution in [3.8, 4) is 0 Å². The number of hydrogen-bond acceptors (Lipinski definition) is 4. The molecule has 0 saturated carbocycles. The van der Waals surface area contributed by atoms with E-state index in [4.69, 9.17) is 5.11 Å². The van der Waals surface area contributed by atoms with E-state index in [0.717, 1.165) is 11.1 Å². The van der Waals surface area contributed by atoms with Gasteiger partial charge >= 0.3 is 5.97 Å². The first-order valence-electron chi connectivity index (χ1n) is 9.09. The number of piperidine rings is 1. The highest BCUT2D eigenvalue weighted by Crippen LogP contribution is 2.36. The van der Waals surface area contributed by atoms with Crippen molar-refractivity contribution in [2.75, 3.05) is 14.1 Å². The number of hydrogen-bond donors (Lipinski definition) is 1. The van der Waals surface area contributed by atoms with Gasteiger partial charge < -0.3 is 14.9 Å². The van der Waals surface area contributed by atoms with Gasteiger partial charge in [0, 0.05) is 45.9 Å². The lowest BCUT2D eigenvalue weighted by atomic mass is 9.84. The average molecular weight is 384 g/mol. The number of rotatable bonds is 5. The van der Waals surface area contributed by atoms with Crippen LogP contribution in [0.2, 0.25) is 0 Å². The van der Waals surface area contributed by atoms with E-state index in [1.54, 1.807) is 54.0 Å². The van der Waals surface area contributed by atoms with Crippen molar-refractivity contribution in [1.29, 1.82) is 0 Å². The summed E-state index contributed by atoms with van der Waals surface area (Å²) in [6, 6.07) is 6.13. The number of carboxylic acids is 1. The van der Waals surface area contributed by atoms with Crippen LogP contribution >= 0.6 is 0 Å². The van der Waals surface area contributed by atoms with Crippen LogP contribution in [-0.4, -0.2) is 56.6 Å². The van der Waals surface area contributed by atoms with Crippen molar-refractivity contribution in [1.82, 2.24) is 19.6 Å². The maximum absolute atomic E-state index is 13.2. The minimum absolute atomic E-state index is 0.0183. The molecule has 0 spiro atoms. The van der Waals surface area contributed by atoms with E-state index in [1.165, 1.54) is 12.1 Å². The summed E-state index contributed by atoms with van der Waals surface area (Å²) >= 11 is 0. The van der Waals surface area contributed by atoms with Crippen molar-refractivity contribution in [3.63, 3.8) is 0 Å². The average Bonchev–Trinajstić information content (AvgIpc) is 3.09. The van der Waals surface area contributed by atoms with E-state index in [-0.39, 0.29) is 29.3 Å². The molecular formula is C20H24N4O4. The Bertz CT molecular complexity index is 890. The van der Waals surface area contributed by atoms with E-state index in [2.05, 4.69) is 5.10 Å². The summed E-state index contributed by atoms with van der Waals surface area (Å²) in [7, 11) is 5.26. The second-order valence-corrected chi connectivity index (χ2v) is 7.24. The first-order chi connectivity index (χ1) is 13.3. The van der Waals surface area contributed by atoms with Gasteiger partial charge in [0.25, 0.3) is 0 Å². The fourth-order valence-electron chi connectivity index (χ4n) is 3.73. The third-order valence-electron chi connectivity index (χ3n) is 5.24. The highest BCUT2D eigenvalue weighted by atomic mass is 16.4. The molecule has 2 atom stereocenters. The number of benzene rings is 1. The number of aromatic nitrogens is 2. The van der Waals surface area contributed by atoms with Crippen LogP contribution in [0.3, 0.4) is 0 Å². The summed E-state index contributed by atoms with van der Waals surface area (Å²) in [5.74, 6) is -1.36.